The second-order valence-electron chi connectivity index (χ2n) is 15.5. The van der Waals surface area contributed by atoms with Gasteiger partial charge in [0.25, 0.3) is 0 Å². The minimum atomic E-state index is -0.359. The Balaban J connectivity index is 0.925. The van der Waals surface area contributed by atoms with E-state index < -0.39 is 0 Å². The number of aromatic amines is 2. The molecule has 292 valence electrons. The van der Waals surface area contributed by atoms with Crippen LogP contribution in [0, 0.1) is 0 Å². The summed E-state index contributed by atoms with van der Waals surface area (Å²) in [5.74, 6) is 3.19. The van der Waals surface area contributed by atoms with E-state index in [0.717, 1.165) is 71.0 Å². The van der Waals surface area contributed by atoms with Crippen LogP contribution in [0.5, 0.6) is 11.5 Å². The molecule has 2 aliphatic heterocycles. The van der Waals surface area contributed by atoms with Gasteiger partial charge in [0.1, 0.15) is 35.2 Å². The van der Waals surface area contributed by atoms with Crippen LogP contribution in [0.1, 0.15) is 72.6 Å². The smallest absolute Gasteiger partial charge is 0.245 e. The summed E-state index contributed by atoms with van der Waals surface area (Å²) >= 11 is 0. The summed E-state index contributed by atoms with van der Waals surface area (Å²) in [6.45, 7) is 1.41. The molecule has 6 aromatic rings. The first-order chi connectivity index (χ1) is 27.7. The maximum absolute atomic E-state index is 13.9. The number of carbonyl (C=O) groups is 2. The van der Waals surface area contributed by atoms with Gasteiger partial charge in [-0.1, -0.05) is 72.8 Å². The van der Waals surface area contributed by atoms with Gasteiger partial charge in [-0.3, -0.25) is 19.4 Å². The molecule has 0 spiro atoms. The van der Waals surface area contributed by atoms with Gasteiger partial charge < -0.3 is 24.5 Å². The number of rotatable bonds is 12. The predicted molar refractivity (Wildman–Crippen MR) is 221 cm³/mol. The van der Waals surface area contributed by atoms with E-state index in [1.165, 1.54) is 0 Å². The lowest BCUT2D eigenvalue weighted by atomic mass is 10.0. The fourth-order valence-corrected chi connectivity index (χ4v) is 8.41. The molecule has 4 aromatic carbocycles. The number of likely N-dealkylation sites (tertiary alicyclic amines) is 2. The van der Waals surface area contributed by atoms with Gasteiger partial charge in [-0.15, -0.1) is 0 Å². The molecule has 2 fully saturated rings. The lowest BCUT2D eigenvalue weighted by molar-refractivity contribution is -0.138. The van der Waals surface area contributed by atoms with Crippen molar-refractivity contribution in [2.45, 2.75) is 49.9 Å². The van der Waals surface area contributed by atoms with Gasteiger partial charge in [0.15, 0.2) is 0 Å². The SMILES string of the molecule is CN(C)[C@H](C(=O)N1CCC[C@H]1c1ncc(-c2cccc(Oc3ccc(-c4cnc([C@@H]5CCCN5C(=O)[C@@H](c5ccccc5)N(C)C)[nH]4)cc3)c2)[nH]1)c1ccccc1. The molecule has 8 rings (SSSR count). The van der Waals surface area contributed by atoms with E-state index in [2.05, 4.69) is 9.97 Å². The number of nitrogens with zero attached hydrogens (tertiary/aromatic N) is 6. The molecular formula is C46H50N8O3. The molecule has 4 heterocycles. The molecule has 0 radical (unpaired) electrons. The number of benzene rings is 4. The molecule has 0 saturated carbocycles. The van der Waals surface area contributed by atoms with Crippen molar-refractivity contribution in [3.05, 3.63) is 144 Å². The van der Waals surface area contributed by atoms with Gasteiger partial charge in [0, 0.05) is 18.7 Å². The van der Waals surface area contributed by atoms with Crippen LogP contribution in [0.15, 0.2) is 122 Å². The first-order valence-electron chi connectivity index (χ1n) is 19.8. The molecule has 57 heavy (non-hydrogen) atoms. The van der Waals surface area contributed by atoms with E-state index >= 15 is 0 Å². The molecule has 11 heteroatoms. The van der Waals surface area contributed by atoms with Crippen molar-refractivity contribution >= 4 is 11.8 Å². The van der Waals surface area contributed by atoms with Gasteiger partial charge in [-0.25, -0.2) is 9.97 Å². The van der Waals surface area contributed by atoms with Crippen LogP contribution in [-0.2, 0) is 9.59 Å². The number of hydrogen-bond donors (Lipinski definition) is 2. The number of ether oxygens (including phenoxy) is 1. The highest BCUT2D eigenvalue weighted by molar-refractivity contribution is 5.84. The maximum Gasteiger partial charge on any atom is 0.245 e. The molecule has 4 atom stereocenters. The number of H-pyrrole nitrogens is 2. The molecular weight excluding hydrogens is 713 g/mol. The molecule has 2 aromatic heterocycles. The Morgan fingerprint density at radius 2 is 1.11 bits per heavy atom. The quantitative estimate of drug-likeness (QED) is 0.129. The van der Waals surface area contributed by atoms with Crippen molar-refractivity contribution in [2.75, 3.05) is 41.3 Å². The number of imidazole rings is 2. The highest BCUT2D eigenvalue weighted by Crippen LogP contribution is 2.37. The Bertz CT molecular complexity index is 2290. The first kappa shape index (κ1) is 37.9. The maximum atomic E-state index is 13.9. The Hall–Kier alpha value is -6.04. The van der Waals surface area contributed by atoms with Crippen LogP contribution in [-0.4, -0.2) is 92.6 Å². The highest BCUT2D eigenvalue weighted by Gasteiger charge is 2.38. The van der Waals surface area contributed by atoms with E-state index in [-0.39, 0.29) is 36.0 Å². The predicted octanol–water partition coefficient (Wildman–Crippen LogP) is 8.19. The summed E-state index contributed by atoms with van der Waals surface area (Å²) in [5.41, 5.74) is 5.65. The standard InChI is InChI=1S/C46H50N8O3/c1-51(2)41(32-14-7-5-8-15-32)45(55)53-26-12-20-39(53)43-47-29-37(49-43)31-22-24-35(25-23-31)57-36-19-11-18-34(28-36)38-30-48-44(50-38)40-21-13-27-54(40)46(56)42(52(3)4)33-16-9-6-10-17-33/h5-11,14-19,22-25,28-30,39-42H,12-13,20-21,26-27H2,1-4H3,(H,47,49)(H,48,50)/t39-,40-,41+,42-/m0/s1. The third-order valence-electron chi connectivity index (χ3n) is 11.2. The van der Waals surface area contributed by atoms with E-state index in [0.29, 0.717) is 24.6 Å². The van der Waals surface area contributed by atoms with Crippen LogP contribution in [0.25, 0.3) is 22.5 Å². The topological polar surface area (TPSA) is 114 Å². The molecule has 2 saturated heterocycles. The van der Waals surface area contributed by atoms with E-state index in [4.69, 9.17) is 14.7 Å². The average Bonchev–Trinajstić information content (AvgIpc) is 4.06. The largest absolute Gasteiger partial charge is 0.457 e. The summed E-state index contributed by atoms with van der Waals surface area (Å²) in [5, 5.41) is 0. The zero-order chi connectivity index (χ0) is 39.5. The normalized spacial score (nSPS) is 18.0. The number of nitrogens with one attached hydrogen (secondary N) is 2. The van der Waals surface area contributed by atoms with Crippen LogP contribution >= 0.6 is 0 Å². The second kappa shape index (κ2) is 16.6. The zero-order valence-corrected chi connectivity index (χ0v) is 33.0. The molecule has 11 nitrogen and oxygen atoms in total. The summed E-state index contributed by atoms with van der Waals surface area (Å²) in [6, 6.07) is 34.8. The number of likely N-dealkylation sites (N-methyl/N-ethyl adjacent to an activating group) is 2. The Morgan fingerprint density at radius 3 is 1.60 bits per heavy atom. The van der Waals surface area contributed by atoms with Gasteiger partial charge >= 0.3 is 0 Å². The van der Waals surface area contributed by atoms with Crippen molar-refractivity contribution in [3.63, 3.8) is 0 Å². The molecule has 2 amide bonds. The van der Waals surface area contributed by atoms with Crippen molar-refractivity contribution in [2.24, 2.45) is 0 Å². The minimum Gasteiger partial charge on any atom is -0.457 e. The highest BCUT2D eigenvalue weighted by atomic mass is 16.5. The van der Waals surface area contributed by atoms with Gasteiger partial charge in [-0.2, -0.15) is 0 Å². The minimum absolute atomic E-state index is 0.0887. The fraction of sp³-hybridized carbons (Fsp3) is 0.304. The van der Waals surface area contributed by atoms with Crippen molar-refractivity contribution in [3.8, 4) is 34.0 Å². The molecule has 0 bridgehead atoms. The lowest BCUT2D eigenvalue weighted by Crippen LogP contribution is -2.40. The fourth-order valence-electron chi connectivity index (χ4n) is 8.41. The van der Waals surface area contributed by atoms with Gasteiger partial charge in [-0.05, 0) is 107 Å². The molecule has 2 N–H and O–H groups in total. The van der Waals surface area contributed by atoms with Crippen LogP contribution in [0.3, 0.4) is 0 Å². The van der Waals surface area contributed by atoms with E-state index in [1.807, 2.05) is 169 Å². The average molecular weight is 763 g/mol. The van der Waals surface area contributed by atoms with E-state index in [9.17, 15) is 9.59 Å². The second-order valence-corrected chi connectivity index (χ2v) is 15.5. The third-order valence-corrected chi connectivity index (χ3v) is 11.2. The number of amides is 2. The Morgan fingerprint density at radius 1 is 0.614 bits per heavy atom. The summed E-state index contributed by atoms with van der Waals surface area (Å²) in [6.07, 6.45) is 7.27. The van der Waals surface area contributed by atoms with Gasteiger partial charge in [0.2, 0.25) is 11.8 Å². The van der Waals surface area contributed by atoms with Crippen LogP contribution < -0.4 is 4.74 Å². The molecule has 0 unspecified atom stereocenters. The first-order valence-corrected chi connectivity index (χ1v) is 19.8. The lowest BCUT2D eigenvalue weighted by Gasteiger charge is -2.31. The van der Waals surface area contributed by atoms with Gasteiger partial charge in [0.05, 0.1) is 35.9 Å². The molecule has 0 aliphatic carbocycles. The monoisotopic (exact) mass is 762 g/mol. The third kappa shape index (κ3) is 7.99. The zero-order valence-electron chi connectivity index (χ0n) is 33.0. The van der Waals surface area contributed by atoms with Crippen molar-refractivity contribution in [1.29, 1.82) is 0 Å². The van der Waals surface area contributed by atoms with Crippen molar-refractivity contribution in [1.82, 2.24) is 39.5 Å². The Kier molecular flexibility index (Phi) is 11.0. The molecule has 2 aliphatic rings. The number of carbonyl (C=O) groups excluding carboxylic acids is 2. The van der Waals surface area contributed by atoms with Crippen molar-refractivity contribution < 1.29 is 14.3 Å². The van der Waals surface area contributed by atoms with E-state index in [1.54, 1.807) is 0 Å². The van der Waals surface area contributed by atoms with Crippen LogP contribution in [0.2, 0.25) is 0 Å². The summed E-state index contributed by atoms with van der Waals surface area (Å²) < 4.78 is 6.32. The number of hydrogen-bond acceptors (Lipinski definition) is 7. The van der Waals surface area contributed by atoms with Crippen LogP contribution in [0.4, 0.5) is 0 Å². The Labute approximate surface area is 334 Å². The number of aromatic nitrogens is 4. The summed E-state index contributed by atoms with van der Waals surface area (Å²) in [4.78, 5) is 52.3. The summed E-state index contributed by atoms with van der Waals surface area (Å²) in [7, 11) is 7.81.